The second-order valence-corrected chi connectivity index (χ2v) is 4.25. The molecule has 0 unspecified atom stereocenters. The van der Waals surface area contributed by atoms with E-state index in [4.69, 9.17) is 9.52 Å². The van der Waals surface area contributed by atoms with E-state index in [1.165, 1.54) is 0 Å². The second-order valence-electron chi connectivity index (χ2n) is 4.25. The summed E-state index contributed by atoms with van der Waals surface area (Å²) in [6.45, 7) is 2.06. The lowest BCUT2D eigenvalue weighted by atomic mass is 10.0. The fraction of sp³-hybridized carbons (Fsp3) is 0.188. The molecule has 0 bridgehead atoms. The van der Waals surface area contributed by atoms with Crippen molar-refractivity contribution >= 4 is 5.91 Å². The molecule has 0 radical (unpaired) electrons. The Labute approximate surface area is 117 Å². The third-order valence-electron chi connectivity index (χ3n) is 2.91. The van der Waals surface area contributed by atoms with Crippen LogP contribution in [0.3, 0.4) is 0 Å². The SMILES string of the molecule is Cc1c(C#CCO)cccc1C(=O)NCc1ccoc1. The van der Waals surface area contributed by atoms with Crippen molar-refractivity contribution in [2.45, 2.75) is 13.5 Å². The Morgan fingerprint density at radius 1 is 1.40 bits per heavy atom. The number of furan rings is 1. The first-order valence-corrected chi connectivity index (χ1v) is 6.21. The number of carbonyl (C=O) groups is 1. The third-order valence-corrected chi connectivity index (χ3v) is 2.91. The molecule has 0 fully saturated rings. The van der Waals surface area contributed by atoms with Crippen LogP contribution in [-0.2, 0) is 6.54 Å². The number of benzene rings is 1. The Morgan fingerprint density at radius 3 is 2.95 bits per heavy atom. The van der Waals surface area contributed by atoms with Gasteiger partial charge in [-0.3, -0.25) is 4.79 Å². The van der Waals surface area contributed by atoms with Crippen molar-refractivity contribution in [3.8, 4) is 11.8 Å². The van der Waals surface area contributed by atoms with Crippen molar-refractivity contribution in [2.24, 2.45) is 0 Å². The molecule has 0 saturated carbocycles. The highest BCUT2D eigenvalue weighted by atomic mass is 16.3. The molecule has 0 saturated heterocycles. The molecule has 4 heteroatoms. The van der Waals surface area contributed by atoms with Crippen molar-refractivity contribution in [3.05, 3.63) is 59.0 Å². The van der Waals surface area contributed by atoms with Crippen molar-refractivity contribution in [3.63, 3.8) is 0 Å². The van der Waals surface area contributed by atoms with E-state index >= 15 is 0 Å². The molecule has 2 N–H and O–H groups in total. The van der Waals surface area contributed by atoms with Gasteiger partial charge in [-0.2, -0.15) is 0 Å². The first kappa shape index (κ1) is 13.9. The second kappa shape index (κ2) is 6.60. The summed E-state index contributed by atoms with van der Waals surface area (Å²) in [6.07, 6.45) is 3.16. The lowest BCUT2D eigenvalue weighted by molar-refractivity contribution is 0.0950. The molecule has 1 amide bonds. The molecular weight excluding hydrogens is 254 g/mol. The minimum absolute atomic E-state index is 0.156. The van der Waals surface area contributed by atoms with E-state index in [-0.39, 0.29) is 12.5 Å². The van der Waals surface area contributed by atoms with E-state index in [0.717, 1.165) is 16.7 Å². The van der Waals surface area contributed by atoms with Gasteiger partial charge in [-0.1, -0.05) is 17.9 Å². The normalized spacial score (nSPS) is 9.70. The lowest BCUT2D eigenvalue weighted by Crippen LogP contribution is -2.23. The van der Waals surface area contributed by atoms with Gasteiger partial charge in [-0.05, 0) is 30.7 Å². The molecular formula is C16H15NO3. The summed E-state index contributed by atoms with van der Waals surface area (Å²) >= 11 is 0. The maximum Gasteiger partial charge on any atom is 0.251 e. The zero-order valence-corrected chi connectivity index (χ0v) is 11.1. The number of amides is 1. The number of hydrogen-bond acceptors (Lipinski definition) is 3. The van der Waals surface area contributed by atoms with Gasteiger partial charge in [0.25, 0.3) is 5.91 Å². The highest BCUT2D eigenvalue weighted by Crippen LogP contribution is 2.13. The Kier molecular flexibility index (Phi) is 4.59. The predicted molar refractivity (Wildman–Crippen MR) is 75.0 cm³/mol. The Bertz CT molecular complexity index is 648. The minimum Gasteiger partial charge on any atom is -0.472 e. The average molecular weight is 269 g/mol. The van der Waals surface area contributed by atoms with E-state index in [0.29, 0.717) is 12.1 Å². The highest BCUT2D eigenvalue weighted by Gasteiger charge is 2.10. The molecule has 20 heavy (non-hydrogen) atoms. The number of aliphatic hydroxyl groups is 1. The molecule has 102 valence electrons. The fourth-order valence-electron chi connectivity index (χ4n) is 1.82. The van der Waals surface area contributed by atoms with E-state index in [1.807, 2.05) is 13.0 Å². The van der Waals surface area contributed by atoms with Crippen molar-refractivity contribution in [1.29, 1.82) is 0 Å². The van der Waals surface area contributed by atoms with Gasteiger partial charge >= 0.3 is 0 Å². The summed E-state index contributed by atoms with van der Waals surface area (Å²) < 4.78 is 4.95. The quantitative estimate of drug-likeness (QED) is 0.836. The van der Waals surface area contributed by atoms with Gasteiger partial charge in [0.15, 0.2) is 0 Å². The molecule has 0 aliphatic heterocycles. The summed E-state index contributed by atoms with van der Waals surface area (Å²) in [5.74, 6) is 5.26. The standard InChI is InChI=1S/C16H15NO3/c1-12-14(5-3-8-18)4-2-6-15(12)16(19)17-10-13-7-9-20-11-13/h2,4,6-7,9,11,18H,8,10H2,1H3,(H,17,19). The predicted octanol–water partition coefficient (Wildman–Crippen LogP) is 1.86. The van der Waals surface area contributed by atoms with Crippen LogP contribution in [0, 0.1) is 18.8 Å². The maximum absolute atomic E-state index is 12.1. The summed E-state index contributed by atoms with van der Waals surface area (Å²) in [4.78, 5) is 12.1. The van der Waals surface area contributed by atoms with E-state index < -0.39 is 0 Å². The summed E-state index contributed by atoms with van der Waals surface area (Å²) in [5.41, 5.74) is 3.04. The van der Waals surface area contributed by atoms with Crippen molar-refractivity contribution < 1.29 is 14.3 Å². The van der Waals surface area contributed by atoms with Gasteiger partial charge in [0.1, 0.15) is 6.61 Å². The first-order chi connectivity index (χ1) is 9.72. The Balaban J connectivity index is 2.13. The lowest BCUT2D eigenvalue weighted by Gasteiger charge is -2.08. The molecule has 4 nitrogen and oxygen atoms in total. The van der Waals surface area contributed by atoms with Gasteiger partial charge in [0.2, 0.25) is 0 Å². The molecule has 1 heterocycles. The minimum atomic E-state index is -0.198. The van der Waals surface area contributed by atoms with Crippen LogP contribution in [0.2, 0.25) is 0 Å². The molecule has 0 aliphatic rings. The van der Waals surface area contributed by atoms with Crippen LogP contribution in [0.15, 0.2) is 41.2 Å². The maximum atomic E-state index is 12.1. The molecule has 2 aromatic rings. The van der Waals surface area contributed by atoms with Crippen LogP contribution in [0.5, 0.6) is 0 Å². The van der Waals surface area contributed by atoms with Crippen LogP contribution < -0.4 is 5.32 Å². The number of hydrogen-bond donors (Lipinski definition) is 2. The van der Waals surface area contributed by atoms with Crippen LogP contribution in [-0.4, -0.2) is 17.6 Å². The van der Waals surface area contributed by atoms with E-state index in [9.17, 15) is 4.79 Å². The molecule has 2 rings (SSSR count). The molecule has 1 aromatic heterocycles. The van der Waals surface area contributed by atoms with Crippen LogP contribution in [0.1, 0.15) is 27.0 Å². The Hall–Kier alpha value is -2.51. The highest BCUT2D eigenvalue weighted by molar-refractivity contribution is 5.96. The fourth-order valence-corrected chi connectivity index (χ4v) is 1.82. The van der Waals surface area contributed by atoms with Crippen molar-refractivity contribution in [1.82, 2.24) is 5.32 Å². The average Bonchev–Trinajstić information content (AvgIpc) is 2.97. The zero-order chi connectivity index (χ0) is 14.4. The largest absolute Gasteiger partial charge is 0.472 e. The molecule has 0 spiro atoms. The number of aliphatic hydroxyl groups excluding tert-OH is 1. The van der Waals surface area contributed by atoms with Crippen LogP contribution in [0.25, 0.3) is 0 Å². The molecule has 1 aromatic carbocycles. The summed E-state index contributed by atoms with van der Waals surface area (Å²) in [7, 11) is 0. The van der Waals surface area contributed by atoms with E-state index in [1.54, 1.807) is 30.7 Å². The monoisotopic (exact) mass is 269 g/mol. The molecule has 0 aliphatic carbocycles. The van der Waals surface area contributed by atoms with Gasteiger partial charge in [0, 0.05) is 23.2 Å². The van der Waals surface area contributed by atoms with Crippen molar-refractivity contribution in [2.75, 3.05) is 6.61 Å². The van der Waals surface area contributed by atoms with Gasteiger partial charge in [-0.25, -0.2) is 0 Å². The van der Waals surface area contributed by atoms with Gasteiger partial charge in [0.05, 0.1) is 12.5 Å². The van der Waals surface area contributed by atoms with Gasteiger partial charge < -0.3 is 14.8 Å². The van der Waals surface area contributed by atoms with E-state index in [2.05, 4.69) is 17.2 Å². The van der Waals surface area contributed by atoms with Gasteiger partial charge in [-0.15, -0.1) is 0 Å². The number of nitrogens with one attached hydrogen (secondary N) is 1. The smallest absolute Gasteiger partial charge is 0.251 e. The summed E-state index contributed by atoms with van der Waals surface area (Å²) in [6, 6.07) is 7.16. The third kappa shape index (κ3) is 3.28. The van der Waals surface area contributed by atoms with Crippen LogP contribution in [0.4, 0.5) is 0 Å². The summed E-state index contributed by atoms with van der Waals surface area (Å²) in [5, 5.41) is 11.6. The Morgan fingerprint density at radius 2 is 2.25 bits per heavy atom. The first-order valence-electron chi connectivity index (χ1n) is 6.21. The van der Waals surface area contributed by atoms with Crippen LogP contribution >= 0.6 is 0 Å². The zero-order valence-electron chi connectivity index (χ0n) is 11.1. The molecule has 0 atom stereocenters. The number of rotatable bonds is 3. The topological polar surface area (TPSA) is 62.5 Å². The number of carbonyl (C=O) groups excluding carboxylic acids is 1.